The van der Waals surface area contributed by atoms with Crippen LogP contribution in [-0.4, -0.2) is 16.6 Å². The molecule has 6 nitrogen and oxygen atoms in total. The Morgan fingerprint density at radius 3 is 2.50 bits per heavy atom. The molecule has 1 heterocycles. The van der Waals surface area contributed by atoms with Gasteiger partial charge in [0, 0.05) is 42.2 Å². The van der Waals surface area contributed by atoms with Crippen LogP contribution in [0.25, 0.3) is 10.8 Å². The number of carbonyl (C=O) groups excluding carboxylic acids is 2. The number of fused-ring (bicyclic) bond motifs is 1. The van der Waals surface area contributed by atoms with E-state index in [1.807, 2.05) is 63.2 Å². The number of nitro groups is 1. The number of carbonyl (C=O) groups is 2. The van der Waals surface area contributed by atoms with Gasteiger partial charge in [-0.1, -0.05) is 62.4 Å². The van der Waals surface area contributed by atoms with Crippen molar-refractivity contribution >= 4 is 33.8 Å². The fraction of sp³-hybridized carbons (Fsp3) is 0.286. The van der Waals surface area contributed by atoms with Gasteiger partial charge in [-0.25, -0.2) is 0 Å². The van der Waals surface area contributed by atoms with Crippen molar-refractivity contribution in [3.8, 4) is 0 Å². The number of rotatable bonds is 3. The summed E-state index contributed by atoms with van der Waals surface area (Å²) in [7, 11) is 0. The standard InChI is InChI=1S/C28H26N2O4/c1-17-11-12-19(30(33)34)13-23(17)29-24-15-28(2,3)16-25(31)27(24)22(14-26(29)32)21-10-6-8-18-7-4-5-9-20(18)21/h4-13,22H,14-16H2,1-3H3. The van der Waals surface area contributed by atoms with Crippen LogP contribution < -0.4 is 4.90 Å². The summed E-state index contributed by atoms with van der Waals surface area (Å²) in [6, 6.07) is 18.6. The number of nitrogens with zero attached hydrogens (tertiary/aromatic N) is 2. The molecule has 3 aromatic rings. The first-order valence-corrected chi connectivity index (χ1v) is 11.5. The molecule has 0 spiro atoms. The minimum absolute atomic E-state index is 0.0461. The molecule has 0 bridgehead atoms. The fourth-order valence-corrected chi connectivity index (χ4v) is 5.47. The van der Waals surface area contributed by atoms with Gasteiger partial charge >= 0.3 is 0 Å². The number of ketones is 1. The maximum absolute atomic E-state index is 13.7. The Labute approximate surface area is 198 Å². The van der Waals surface area contributed by atoms with Crippen molar-refractivity contribution in [2.24, 2.45) is 5.41 Å². The first-order chi connectivity index (χ1) is 16.2. The van der Waals surface area contributed by atoms with E-state index >= 15 is 0 Å². The van der Waals surface area contributed by atoms with Crippen molar-refractivity contribution in [3.05, 3.63) is 93.2 Å². The largest absolute Gasteiger partial charge is 0.294 e. The van der Waals surface area contributed by atoms with Crippen LogP contribution in [0, 0.1) is 22.5 Å². The lowest BCUT2D eigenvalue weighted by atomic mass is 9.68. The normalized spacial score (nSPS) is 20.0. The summed E-state index contributed by atoms with van der Waals surface area (Å²) in [6.45, 7) is 5.89. The van der Waals surface area contributed by atoms with Gasteiger partial charge in [-0.3, -0.25) is 24.6 Å². The molecule has 1 unspecified atom stereocenters. The van der Waals surface area contributed by atoms with Gasteiger partial charge in [0.2, 0.25) is 5.91 Å². The maximum Gasteiger partial charge on any atom is 0.271 e. The molecule has 6 heteroatoms. The zero-order valence-corrected chi connectivity index (χ0v) is 19.5. The lowest BCUT2D eigenvalue weighted by molar-refractivity contribution is -0.384. The molecule has 2 aliphatic rings. The van der Waals surface area contributed by atoms with E-state index in [0.29, 0.717) is 29.8 Å². The van der Waals surface area contributed by atoms with Crippen LogP contribution in [0.4, 0.5) is 11.4 Å². The number of hydrogen-bond acceptors (Lipinski definition) is 4. The predicted molar refractivity (Wildman–Crippen MR) is 132 cm³/mol. The minimum Gasteiger partial charge on any atom is -0.294 e. The summed E-state index contributed by atoms with van der Waals surface area (Å²) >= 11 is 0. The van der Waals surface area contributed by atoms with Crippen LogP contribution in [0.1, 0.15) is 50.2 Å². The summed E-state index contributed by atoms with van der Waals surface area (Å²) in [6.07, 6.45) is 1.09. The molecule has 34 heavy (non-hydrogen) atoms. The average Bonchev–Trinajstić information content (AvgIpc) is 2.78. The number of non-ortho nitro benzene ring substituents is 1. The minimum atomic E-state index is -0.457. The van der Waals surface area contributed by atoms with Gasteiger partial charge < -0.3 is 0 Å². The molecule has 1 amide bonds. The Bertz CT molecular complexity index is 1400. The highest BCUT2D eigenvalue weighted by molar-refractivity contribution is 6.09. The third kappa shape index (κ3) is 3.59. The van der Waals surface area contributed by atoms with E-state index in [-0.39, 0.29) is 35.1 Å². The number of Topliss-reactive ketones (excluding diaryl/α,β-unsaturated/α-hetero) is 1. The molecule has 0 saturated carbocycles. The van der Waals surface area contributed by atoms with Crippen LogP contribution in [0.5, 0.6) is 0 Å². The summed E-state index contributed by atoms with van der Waals surface area (Å²) in [4.78, 5) is 39.9. The van der Waals surface area contributed by atoms with Gasteiger partial charge in [0.05, 0.1) is 10.6 Å². The average molecular weight is 455 g/mol. The van der Waals surface area contributed by atoms with Gasteiger partial charge in [0.1, 0.15) is 0 Å². The Morgan fingerprint density at radius 1 is 1.00 bits per heavy atom. The smallest absolute Gasteiger partial charge is 0.271 e. The third-order valence-corrected chi connectivity index (χ3v) is 6.99. The number of benzene rings is 3. The van der Waals surface area contributed by atoms with Crippen molar-refractivity contribution in [1.82, 2.24) is 0 Å². The number of anilines is 1. The van der Waals surface area contributed by atoms with E-state index in [2.05, 4.69) is 0 Å². The lowest BCUT2D eigenvalue weighted by Crippen LogP contribution is -2.44. The second kappa shape index (κ2) is 7.90. The molecular weight excluding hydrogens is 428 g/mol. The molecule has 0 saturated heterocycles. The second-order valence-corrected chi connectivity index (χ2v) is 10.1. The summed E-state index contributed by atoms with van der Waals surface area (Å²) in [5.41, 5.74) is 3.17. The third-order valence-electron chi connectivity index (χ3n) is 6.99. The first-order valence-electron chi connectivity index (χ1n) is 11.5. The van der Waals surface area contributed by atoms with E-state index in [1.165, 1.54) is 12.1 Å². The van der Waals surface area contributed by atoms with E-state index in [4.69, 9.17) is 0 Å². The monoisotopic (exact) mass is 454 g/mol. The van der Waals surface area contributed by atoms with Crippen LogP contribution in [0.2, 0.25) is 0 Å². The Kier molecular flexibility index (Phi) is 5.12. The van der Waals surface area contributed by atoms with E-state index in [1.54, 1.807) is 11.0 Å². The van der Waals surface area contributed by atoms with Crippen molar-refractivity contribution in [1.29, 1.82) is 0 Å². The highest BCUT2D eigenvalue weighted by Gasteiger charge is 2.45. The summed E-state index contributed by atoms with van der Waals surface area (Å²) < 4.78 is 0. The molecule has 3 aromatic carbocycles. The van der Waals surface area contributed by atoms with E-state index in [0.717, 1.165) is 21.9 Å². The molecular formula is C28H26N2O4. The SMILES string of the molecule is Cc1ccc([N+](=O)[O-])cc1N1C(=O)CC(c2cccc3ccccc23)C2=C1CC(C)(C)CC2=O. The van der Waals surface area contributed by atoms with Gasteiger partial charge in [0.15, 0.2) is 5.78 Å². The summed E-state index contributed by atoms with van der Waals surface area (Å²) in [5, 5.41) is 13.6. The molecule has 0 fully saturated rings. The topological polar surface area (TPSA) is 80.5 Å². The van der Waals surface area contributed by atoms with E-state index in [9.17, 15) is 19.7 Å². The molecule has 0 radical (unpaired) electrons. The number of aryl methyl sites for hydroxylation is 1. The molecule has 1 aliphatic carbocycles. The lowest BCUT2D eigenvalue weighted by Gasteiger charge is -2.43. The molecule has 0 N–H and O–H groups in total. The van der Waals surface area contributed by atoms with E-state index < -0.39 is 4.92 Å². The highest BCUT2D eigenvalue weighted by Crippen LogP contribution is 2.49. The van der Waals surface area contributed by atoms with Gasteiger partial charge in [-0.15, -0.1) is 0 Å². The fourth-order valence-electron chi connectivity index (χ4n) is 5.47. The Balaban J connectivity index is 1.75. The van der Waals surface area contributed by atoms with Gasteiger partial charge in [-0.05, 0) is 40.7 Å². The highest BCUT2D eigenvalue weighted by atomic mass is 16.6. The molecule has 172 valence electrons. The van der Waals surface area contributed by atoms with Crippen molar-refractivity contribution in [2.75, 3.05) is 4.90 Å². The zero-order valence-electron chi connectivity index (χ0n) is 19.5. The molecule has 1 aliphatic heterocycles. The van der Waals surface area contributed by atoms with Gasteiger partial charge in [0.25, 0.3) is 5.69 Å². The molecule has 0 aromatic heterocycles. The second-order valence-electron chi connectivity index (χ2n) is 10.1. The Morgan fingerprint density at radius 2 is 1.74 bits per heavy atom. The number of nitro benzene ring substituents is 1. The van der Waals surface area contributed by atoms with Crippen LogP contribution in [-0.2, 0) is 9.59 Å². The van der Waals surface area contributed by atoms with Crippen molar-refractivity contribution in [3.63, 3.8) is 0 Å². The summed E-state index contributed by atoms with van der Waals surface area (Å²) in [5.74, 6) is -0.442. The quantitative estimate of drug-likeness (QED) is 0.348. The van der Waals surface area contributed by atoms with Crippen LogP contribution in [0.3, 0.4) is 0 Å². The number of hydrogen-bond donors (Lipinski definition) is 0. The number of amides is 1. The maximum atomic E-state index is 13.7. The van der Waals surface area contributed by atoms with Crippen molar-refractivity contribution in [2.45, 2.75) is 46.0 Å². The van der Waals surface area contributed by atoms with Gasteiger partial charge in [-0.2, -0.15) is 0 Å². The molecule has 5 rings (SSSR count). The predicted octanol–water partition coefficient (Wildman–Crippen LogP) is 6.22. The van der Waals surface area contributed by atoms with Crippen molar-refractivity contribution < 1.29 is 14.5 Å². The molecule has 1 atom stereocenters. The van der Waals surface area contributed by atoms with Crippen LogP contribution in [0.15, 0.2) is 71.9 Å². The number of allylic oxidation sites excluding steroid dienone is 2. The Hall–Kier alpha value is -3.80. The van der Waals surface area contributed by atoms with Crippen LogP contribution >= 0.6 is 0 Å². The zero-order chi connectivity index (χ0) is 24.2. The first kappa shape index (κ1) is 22.0.